The molecule has 0 aliphatic carbocycles. The predicted molar refractivity (Wildman–Crippen MR) is 134 cm³/mol. The van der Waals surface area contributed by atoms with Crippen molar-refractivity contribution in [1.82, 2.24) is 4.90 Å². The highest BCUT2D eigenvalue weighted by atomic mass is 16.5. The molecule has 186 valence electrons. The number of benzene rings is 2. The molecule has 4 rings (SSSR count). The zero-order valence-corrected chi connectivity index (χ0v) is 20.7. The fraction of sp³-hybridized carbons (Fsp3) is 0.444. The highest BCUT2D eigenvalue weighted by Gasteiger charge is 2.37. The van der Waals surface area contributed by atoms with E-state index >= 15 is 0 Å². The van der Waals surface area contributed by atoms with Crippen molar-refractivity contribution < 1.29 is 23.9 Å². The zero-order chi connectivity index (χ0) is 25.1. The Labute approximate surface area is 206 Å². The van der Waals surface area contributed by atoms with E-state index in [-0.39, 0.29) is 30.7 Å². The molecule has 2 aromatic rings. The van der Waals surface area contributed by atoms with E-state index in [0.29, 0.717) is 53.4 Å². The second kappa shape index (κ2) is 10.4. The van der Waals surface area contributed by atoms with E-state index in [0.717, 1.165) is 6.42 Å². The summed E-state index contributed by atoms with van der Waals surface area (Å²) in [6.07, 6.45) is 1.18. The fourth-order valence-corrected chi connectivity index (χ4v) is 5.14. The van der Waals surface area contributed by atoms with Gasteiger partial charge >= 0.3 is 0 Å². The van der Waals surface area contributed by atoms with Crippen LogP contribution in [0.1, 0.15) is 37.0 Å². The summed E-state index contributed by atoms with van der Waals surface area (Å²) in [5.74, 6) is 0.903. The first kappa shape index (κ1) is 24.6. The van der Waals surface area contributed by atoms with Gasteiger partial charge in [-0.05, 0) is 42.5 Å². The Balaban J connectivity index is 1.50. The lowest BCUT2D eigenvalue weighted by atomic mass is 9.91. The normalized spacial score (nSPS) is 22.2. The van der Waals surface area contributed by atoms with Gasteiger partial charge in [0.05, 0.1) is 37.1 Å². The second-order valence-electron chi connectivity index (χ2n) is 9.63. The number of methoxy groups -OCH3 is 2. The van der Waals surface area contributed by atoms with E-state index in [1.165, 1.54) is 7.11 Å². The number of para-hydroxylation sites is 1. The Bertz CT molecular complexity index is 1110. The van der Waals surface area contributed by atoms with E-state index in [4.69, 9.17) is 9.47 Å². The van der Waals surface area contributed by atoms with Gasteiger partial charge in [-0.25, -0.2) is 0 Å². The minimum Gasteiger partial charge on any atom is -0.497 e. The molecule has 2 aromatic carbocycles. The minimum absolute atomic E-state index is 0.0729. The van der Waals surface area contributed by atoms with Crippen LogP contribution in [0.15, 0.2) is 42.5 Å². The van der Waals surface area contributed by atoms with Crippen LogP contribution in [0.2, 0.25) is 0 Å². The molecule has 0 radical (unpaired) electrons. The van der Waals surface area contributed by atoms with Crippen molar-refractivity contribution in [2.45, 2.75) is 26.7 Å². The Morgan fingerprint density at radius 2 is 1.69 bits per heavy atom. The van der Waals surface area contributed by atoms with Gasteiger partial charge in [0, 0.05) is 32.1 Å². The number of ether oxygens (including phenoxy) is 2. The standard InChI is InChI=1S/C27H33N3O5/c1-17-11-18(2)15-29(14-17)27(33)21-7-5-6-8-22(21)28-26(32)19-12-25(31)30(16-19)23-13-20(34-3)9-10-24(23)35-4/h5-10,13,17-19H,11-12,14-16H2,1-4H3,(H,28,32). The Morgan fingerprint density at radius 1 is 0.971 bits per heavy atom. The molecule has 2 aliphatic rings. The molecule has 0 aromatic heterocycles. The first-order valence-corrected chi connectivity index (χ1v) is 12.0. The number of anilines is 2. The van der Waals surface area contributed by atoms with E-state index in [1.54, 1.807) is 54.5 Å². The first-order chi connectivity index (χ1) is 16.8. The molecule has 0 saturated carbocycles. The highest BCUT2D eigenvalue weighted by molar-refractivity contribution is 6.07. The van der Waals surface area contributed by atoms with Gasteiger partial charge in [-0.15, -0.1) is 0 Å². The van der Waals surface area contributed by atoms with Crippen LogP contribution in [0.4, 0.5) is 11.4 Å². The van der Waals surface area contributed by atoms with E-state index in [9.17, 15) is 14.4 Å². The first-order valence-electron chi connectivity index (χ1n) is 12.0. The van der Waals surface area contributed by atoms with Crippen LogP contribution in [0.5, 0.6) is 11.5 Å². The summed E-state index contributed by atoms with van der Waals surface area (Å²) in [6.45, 7) is 5.94. The second-order valence-corrected chi connectivity index (χ2v) is 9.63. The molecule has 3 atom stereocenters. The van der Waals surface area contributed by atoms with Crippen molar-refractivity contribution in [2.24, 2.45) is 17.8 Å². The van der Waals surface area contributed by atoms with Crippen LogP contribution in [0.3, 0.4) is 0 Å². The van der Waals surface area contributed by atoms with E-state index in [1.807, 2.05) is 4.90 Å². The van der Waals surface area contributed by atoms with Crippen LogP contribution >= 0.6 is 0 Å². The zero-order valence-electron chi connectivity index (χ0n) is 20.7. The predicted octanol–water partition coefficient (Wildman–Crippen LogP) is 3.81. The fourth-order valence-electron chi connectivity index (χ4n) is 5.14. The van der Waals surface area contributed by atoms with Crippen molar-refractivity contribution in [3.63, 3.8) is 0 Å². The number of hydrogen-bond donors (Lipinski definition) is 1. The van der Waals surface area contributed by atoms with Crippen LogP contribution in [0, 0.1) is 17.8 Å². The van der Waals surface area contributed by atoms with Gasteiger partial charge in [-0.1, -0.05) is 26.0 Å². The van der Waals surface area contributed by atoms with Crippen LogP contribution in [-0.4, -0.2) is 56.5 Å². The molecule has 8 heteroatoms. The SMILES string of the molecule is COc1ccc(OC)c(N2CC(C(=O)Nc3ccccc3C(=O)N3CC(C)CC(C)C3)CC2=O)c1. The van der Waals surface area contributed by atoms with Crippen molar-refractivity contribution in [3.8, 4) is 11.5 Å². The molecule has 8 nitrogen and oxygen atoms in total. The Hall–Kier alpha value is -3.55. The Kier molecular flexibility index (Phi) is 7.28. The maximum absolute atomic E-state index is 13.3. The molecule has 35 heavy (non-hydrogen) atoms. The topological polar surface area (TPSA) is 88.2 Å². The smallest absolute Gasteiger partial charge is 0.255 e. The number of carbonyl (C=O) groups is 3. The molecule has 2 heterocycles. The van der Waals surface area contributed by atoms with Crippen molar-refractivity contribution >= 4 is 29.1 Å². The molecular formula is C27H33N3O5. The average Bonchev–Trinajstić information content (AvgIpc) is 3.24. The van der Waals surface area contributed by atoms with Gasteiger partial charge in [0.1, 0.15) is 11.5 Å². The number of nitrogens with zero attached hydrogens (tertiary/aromatic N) is 2. The maximum Gasteiger partial charge on any atom is 0.255 e. The summed E-state index contributed by atoms with van der Waals surface area (Å²) in [5.41, 5.74) is 1.51. The summed E-state index contributed by atoms with van der Waals surface area (Å²) < 4.78 is 10.7. The largest absolute Gasteiger partial charge is 0.497 e. The van der Waals surface area contributed by atoms with Gasteiger partial charge in [-0.2, -0.15) is 0 Å². The maximum atomic E-state index is 13.3. The highest BCUT2D eigenvalue weighted by Crippen LogP contribution is 2.36. The molecule has 3 unspecified atom stereocenters. The minimum atomic E-state index is -0.559. The molecular weight excluding hydrogens is 446 g/mol. The summed E-state index contributed by atoms with van der Waals surface area (Å²) in [6, 6.07) is 12.3. The van der Waals surface area contributed by atoms with Gasteiger partial charge < -0.3 is 24.6 Å². The Morgan fingerprint density at radius 3 is 2.37 bits per heavy atom. The molecule has 2 saturated heterocycles. The summed E-state index contributed by atoms with van der Waals surface area (Å²) in [5, 5.41) is 2.92. The number of carbonyl (C=O) groups excluding carboxylic acids is 3. The van der Waals surface area contributed by atoms with Gasteiger partial charge in [0.15, 0.2) is 0 Å². The number of nitrogens with one attached hydrogen (secondary N) is 1. The lowest BCUT2D eigenvalue weighted by Gasteiger charge is -2.35. The number of piperidine rings is 1. The van der Waals surface area contributed by atoms with Gasteiger partial charge in [0.2, 0.25) is 11.8 Å². The van der Waals surface area contributed by atoms with Crippen molar-refractivity contribution in [3.05, 3.63) is 48.0 Å². The number of rotatable bonds is 6. The third-order valence-corrected chi connectivity index (χ3v) is 6.74. The molecule has 2 aliphatic heterocycles. The lowest BCUT2D eigenvalue weighted by molar-refractivity contribution is -0.122. The lowest BCUT2D eigenvalue weighted by Crippen LogP contribution is -2.42. The third-order valence-electron chi connectivity index (χ3n) is 6.74. The summed E-state index contributed by atoms with van der Waals surface area (Å²) in [4.78, 5) is 42.8. The summed E-state index contributed by atoms with van der Waals surface area (Å²) >= 11 is 0. The third kappa shape index (κ3) is 5.26. The van der Waals surface area contributed by atoms with Crippen molar-refractivity contribution in [2.75, 3.05) is 44.1 Å². The number of likely N-dealkylation sites (tertiary alicyclic amines) is 1. The molecule has 0 bridgehead atoms. The average molecular weight is 480 g/mol. The van der Waals surface area contributed by atoms with Crippen LogP contribution in [0.25, 0.3) is 0 Å². The number of hydrogen-bond acceptors (Lipinski definition) is 5. The van der Waals surface area contributed by atoms with Gasteiger partial charge in [0.25, 0.3) is 5.91 Å². The quantitative estimate of drug-likeness (QED) is 0.681. The van der Waals surface area contributed by atoms with E-state index in [2.05, 4.69) is 19.2 Å². The summed E-state index contributed by atoms with van der Waals surface area (Å²) in [7, 11) is 3.09. The van der Waals surface area contributed by atoms with Crippen LogP contribution < -0.4 is 19.7 Å². The molecule has 1 N–H and O–H groups in total. The monoisotopic (exact) mass is 479 g/mol. The van der Waals surface area contributed by atoms with E-state index < -0.39 is 5.92 Å². The molecule has 3 amide bonds. The molecule has 2 fully saturated rings. The number of amides is 3. The van der Waals surface area contributed by atoms with Crippen molar-refractivity contribution in [1.29, 1.82) is 0 Å². The van der Waals surface area contributed by atoms with Crippen LogP contribution in [-0.2, 0) is 9.59 Å². The van der Waals surface area contributed by atoms with Gasteiger partial charge in [-0.3, -0.25) is 14.4 Å². The molecule has 0 spiro atoms.